The van der Waals surface area contributed by atoms with Gasteiger partial charge in [-0.2, -0.15) is 0 Å². The number of fused-ring (bicyclic) bond motifs is 1. The van der Waals surface area contributed by atoms with E-state index in [0.717, 1.165) is 64.0 Å². The Morgan fingerprint density at radius 2 is 1.97 bits per heavy atom. The third-order valence-electron chi connectivity index (χ3n) is 4.94. The van der Waals surface area contributed by atoms with E-state index in [9.17, 15) is 4.79 Å². The van der Waals surface area contributed by atoms with Gasteiger partial charge in [0.1, 0.15) is 0 Å². The highest BCUT2D eigenvalue weighted by molar-refractivity contribution is 9.10. The zero-order chi connectivity index (χ0) is 20.8. The molecule has 1 aliphatic rings. The van der Waals surface area contributed by atoms with Crippen LogP contribution in [-0.2, 0) is 9.53 Å². The van der Waals surface area contributed by atoms with Crippen LogP contribution >= 0.6 is 51.4 Å². The van der Waals surface area contributed by atoms with Crippen molar-refractivity contribution in [3.63, 3.8) is 0 Å². The molecule has 1 amide bonds. The van der Waals surface area contributed by atoms with Crippen molar-refractivity contribution >= 4 is 72.7 Å². The lowest BCUT2D eigenvalue weighted by Crippen LogP contribution is -2.39. The maximum absolute atomic E-state index is 13.2. The van der Waals surface area contributed by atoms with E-state index in [1.807, 2.05) is 47.4 Å². The molecule has 31 heavy (non-hydrogen) atoms. The molecule has 1 fully saturated rings. The number of hydrogen-bond donors (Lipinski definition) is 0. The van der Waals surface area contributed by atoms with Crippen LogP contribution in [0.2, 0.25) is 0 Å². The molecule has 0 N–H and O–H groups in total. The largest absolute Gasteiger partial charge is 0.379 e. The van der Waals surface area contributed by atoms with Crippen LogP contribution in [0.15, 0.2) is 57.9 Å². The van der Waals surface area contributed by atoms with Gasteiger partial charge in [0.15, 0.2) is 5.13 Å². The smallest absolute Gasteiger partial charge is 0.239 e. The summed E-state index contributed by atoms with van der Waals surface area (Å²) in [5.41, 5.74) is 0.930. The molecule has 0 aliphatic carbocycles. The average Bonchev–Trinajstić information content (AvgIpc) is 3.19. The highest BCUT2D eigenvalue weighted by atomic mass is 79.9. The summed E-state index contributed by atoms with van der Waals surface area (Å²) in [6.07, 6.45) is 0.918. The lowest BCUT2D eigenvalue weighted by atomic mass is 10.3. The highest BCUT2D eigenvalue weighted by Crippen LogP contribution is 2.31. The number of halogens is 2. The Morgan fingerprint density at radius 1 is 1.19 bits per heavy atom. The Kier molecular flexibility index (Phi) is 9.62. The Hall–Kier alpha value is -1.16. The molecule has 0 unspecified atom stereocenters. The molecule has 1 aromatic heterocycles. The number of thioether (sulfide) groups is 1. The van der Waals surface area contributed by atoms with E-state index in [1.54, 1.807) is 23.1 Å². The molecule has 3 aromatic rings. The number of carbonyl (C=O) groups excluding carboxylic acids is 1. The van der Waals surface area contributed by atoms with Crippen LogP contribution in [0.5, 0.6) is 0 Å². The van der Waals surface area contributed by atoms with Crippen molar-refractivity contribution in [1.29, 1.82) is 0 Å². The summed E-state index contributed by atoms with van der Waals surface area (Å²) >= 11 is 6.67. The van der Waals surface area contributed by atoms with E-state index in [2.05, 4.69) is 26.9 Å². The summed E-state index contributed by atoms with van der Waals surface area (Å²) < 4.78 is 7.54. The number of hydrogen-bond acceptors (Lipinski definition) is 6. The number of benzene rings is 2. The molecule has 0 atom stereocenters. The molecule has 1 aliphatic heterocycles. The fourth-order valence-electron chi connectivity index (χ4n) is 3.35. The highest BCUT2D eigenvalue weighted by Gasteiger charge is 2.20. The minimum absolute atomic E-state index is 0. The lowest BCUT2D eigenvalue weighted by molar-refractivity contribution is -0.116. The van der Waals surface area contributed by atoms with Crippen LogP contribution in [0.1, 0.15) is 6.42 Å². The van der Waals surface area contributed by atoms with Gasteiger partial charge in [-0.15, -0.1) is 24.2 Å². The standard InChI is InChI=1S/C22H24BrN3O2S2.ClH/c23-17-7-8-19-20(15-17)30-22(24-19)26(10-4-9-25-11-13-28-14-12-25)21(27)16-29-18-5-2-1-3-6-18;/h1-3,5-8,15H,4,9-14,16H2;1H. The molecule has 9 heteroatoms. The van der Waals surface area contributed by atoms with E-state index in [1.165, 1.54) is 0 Å². The Labute approximate surface area is 205 Å². The molecule has 0 bridgehead atoms. The van der Waals surface area contributed by atoms with Crippen LogP contribution in [0.25, 0.3) is 10.2 Å². The van der Waals surface area contributed by atoms with Crippen LogP contribution < -0.4 is 4.90 Å². The molecule has 5 nitrogen and oxygen atoms in total. The van der Waals surface area contributed by atoms with Crippen molar-refractivity contribution in [2.45, 2.75) is 11.3 Å². The maximum atomic E-state index is 13.2. The summed E-state index contributed by atoms with van der Waals surface area (Å²) in [5, 5.41) is 0.781. The second-order valence-electron chi connectivity index (χ2n) is 7.06. The summed E-state index contributed by atoms with van der Waals surface area (Å²) in [5.74, 6) is 0.505. The number of carbonyl (C=O) groups is 1. The molecule has 0 spiro atoms. The lowest BCUT2D eigenvalue weighted by Gasteiger charge is -2.27. The van der Waals surface area contributed by atoms with Crippen molar-refractivity contribution in [3.05, 3.63) is 53.0 Å². The van der Waals surface area contributed by atoms with Crippen LogP contribution in [0.3, 0.4) is 0 Å². The first-order valence-corrected chi connectivity index (χ1v) is 12.6. The van der Waals surface area contributed by atoms with Crippen molar-refractivity contribution in [2.24, 2.45) is 0 Å². The number of anilines is 1. The summed E-state index contributed by atoms with van der Waals surface area (Å²) in [6, 6.07) is 16.1. The first kappa shape index (κ1) is 24.5. The molecule has 166 valence electrons. The van der Waals surface area contributed by atoms with E-state index >= 15 is 0 Å². The fraction of sp³-hybridized carbons (Fsp3) is 0.364. The van der Waals surface area contributed by atoms with E-state index in [4.69, 9.17) is 9.72 Å². The van der Waals surface area contributed by atoms with Gasteiger partial charge in [-0.25, -0.2) is 4.98 Å². The second-order valence-corrected chi connectivity index (χ2v) is 10.0. The SMILES string of the molecule is Cl.O=C(CSc1ccccc1)N(CCCN1CCOCC1)c1nc2ccc(Br)cc2s1. The molecule has 0 radical (unpaired) electrons. The van der Waals surface area contributed by atoms with E-state index in [0.29, 0.717) is 12.3 Å². The molecule has 2 aromatic carbocycles. The van der Waals surface area contributed by atoms with Gasteiger partial charge in [-0.05, 0) is 36.8 Å². The van der Waals surface area contributed by atoms with E-state index < -0.39 is 0 Å². The monoisotopic (exact) mass is 541 g/mol. The molecule has 0 saturated carbocycles. The fourth-order valence-corrected chi connectivity index (χ4v) is 5.70. The Balaban J connectivity index is 0.00000272. The summed E-state index contributed by atoms with van der Waals surface area (Å²) in [4.78, 5) is 23.3. The molecular formula is C22H25BrClN3O2S2. The number of amides is 1. The molecule has 2 heterocycles. The van der Waals surface area contributed by atoms with Crippen LogP contribution in [0, 0.1) is 0 Å². The zero-order valence-electron chi connectivity index (χ0n) is 17.0. The van der Waals surface area contributed by atoms with Gasteiger partial charge in [0.05, 0.1) is 29.2 Å². The van der Waals surface area contributed by atoms with Gasteiger partial charge < -0.3 is 4.74 Å². The van der Waals surface area contributed by atoms with Crippen molar-refractivity contribution in [1.82, 2.24) is 9.88 Å². The van der Waals surface area contributed by atoms with Gasteiger partial charge in [-0.3, -0.25) is 14.6 Å². The van der Waals surface area contributed by atoms with Crippen molar-refractivity contribution in [2.75, 3.05) is 50.0 Å². The first-order valence-electron chi connectivity index (χ1n) is 10.0. The predicted molar refractivity (Wildman–Crippen MR) is 136 cm³/mol. The number of ether oxygens (including phenoxy) is 1. The van der Waals surface area contributed by atoms with Crippen LogP contribution in [-0.4, -0.2) is 60.9 Å². The minimum atomic E-state index is 0. The van der Waals surface area contributed by atoms with Gasteiger partial charge in [0.25, 0.3) is 0 Å². The normalized spacial score (nSPS) is 14.4. The quantitative estimate of drug-likeness (QED) is 0.360. The number of nitrogens with zero attached hydrogens (tertiary/aromatic N) is 3. The van der Waals surface area contributed by atoms with Crippen molar-refractivity contribution < 1.29 is 9.53 Å². The first-order chi connectivity index (χ1) is 14.7. The summed E-state index contributed by atoms with van der Waals surface area (Å²) in [6.45, 7) is 5.16. The topological polar surface area (TPSA) is 45.7 Å². The van der Waals surface area contributed by atoms with Gasteiger partial charge in [0.2, 0.25) is 5.91 Å². The number of morpholine rings is 1. The van der Waals surface area contributed by atoms with E-state index in [-0.39, 0.29) is 18.3 Å². The third kappa shape index (κ3) is 6.91. The van der Waals surface area contributed by atoms with Gasteiger partial charge in [0, 0.05) is 35.5 Å². The maximum Gasteiger partial charge on any atom is 0.239 e. The number of aromatic nitrogens is 1. The second kappa shape index (κ2) is 12.2. The zero-order valence-corrected chi connectivity index (χ0v) is 21.1. The number of thiazole rings is 1. The third-order valence-corrected chi connectivity index (χ3v) is 7.47. The average molecular weight is 543 g/mol. The molecule has 4 rings (SSSR count). The molecular weight excluding hydrogens is 518 g/mol. The van der Waals surface area contributed by atoms with Crippen LogP contribution in [0.4, 0.5) is 5.13 Å². The Morgan fingerprint density at radius 3 is 2.74 bits per heavy atom. The van der Waals surface area contributed by atoms with Gasteiger partial charge >= 0.3 is 0 Å². The predicted octanol–water partition coefficient (Wildman–Crippen LogP) is 5.33. The molecule has 1 saturated heterocycles. The van der Waals surface area contributed by atoms with Crippen molar-refractivity contribution in [3.8, 4) is 0 Å². The van der Waals surface area contributed by atoms with Gasteiger partial charge in [-0.1, -0.05) is 45.5 Å². The minimum Gasteiger partial charge on any atom is -0.379 e. The number of rotatable bonds is 8. The Bertz CT molecular complexity index is 983. The summed E-state index contributed by atoms with van der Waals surface area (Å²) in [7, 11) is 0.